The van der Waals surface area contributed by atoms with Crippen molar-refractivity contribution in [2.75, 3.05) is 52.7 Å². The van der Waals surface area contributed by atoms with Gasteiger partial charge in [0.05, 0.1) is 17.7 Å². The van der Waals surface area contributed by atoms with Crippen LogP contribution in [0.3, 0.4) is 0 Å². The first kappa shape index (κ1) is 35.4. The molecular formula is C39H39N6O3Zn+. The summed E-state index contributed by atoms with van der Waals surface area (Å²) in [5.74, 6) is -0.595. The molecule has 0 saturated carbocycles. The van der Waals surface area contributed by atoms with Crippen LogP contribution < -0.4 is 19.9 Å². The third-order valence-corrected chi connectivity index (χ3v) is 8.45. The van der Waals surface area contributed by atoms with Crippen molar-refractivity contribution in [3.8, 4) is 22.5 Å². The van der Waals surface area contributed by atoms with Gasteiger partial charge in [0.15, 0.2) is 0 Å². The van der Waals surface area contributed by atoms with Gasteiger partial charge in [0.2, 0.25) is 5.36 Å². The van der Waals surface area contributed by atoms with Crippen molar-refractivity contribution in [1.29, 1.82) is 0 Å². The van der Waals surface area contributed by atoms with E-state index in [1.165, 1.54) is 0 Å². The minimum absolute atomic E-state index is 0. The molecule has 4 aromatic rings. The molecule has 0 unspecified atom stereocenters. The Balaban J connectivity index is 0.00000468. The second-order valence-corrected chi connectivity index (χ2v) is 12.2. The van der Waals surface area contributed by atoms with Gasteiger partial charge in [-0.2, -0.15) is 0 Å². The summed E-state index contributed by atoms with van der Waals surface area (Å²) in [7, 11) is 7.90. The average molecular weight is 705 g/mol. The molecule has 2 aromatic carbocycles. The fourth-order valence-corrected chi connectivity index (χ4v) is 5.86. The number of carbonyl (C=O) groups is 1. The number of nitrogens with zero attached hydrogens (tertiary/aromatic N) is 6. The van der Waals surface area contributed by atoms with Crippen LogP contribution in [0.1, 0.15) is 21.7 Å². The van der Waals surface area contributed by atoms with Crippen molar-refractivity contribution < 1.29 is 33.8 Å². The molecule has 3 heterocycles. The number of rotatable bonds is 12. The Bertz CT molecular complexity index is 2080. The van der Waals surface area contributed by atoms with Gasteiger partial charge in [-0.3, -0.25) is 14.9 Å². The summed E-state index contributed by atoms with van der Waals surface area (Å²) in [6.07, 6.45) is 4.41. The van der Waals surface area contributed by atoms with Gasteiger partial charge in [-0.15, -0.1) is 12.2 Å². The molecule has 10 heteroatoms. The van der Waals surface area contributed by atoms with E-state index >= 15 is 0 Å². The zero-order chi connectivity index (χ0) is 33.6. The average Bonchev–Trinajstić information content (AvgIpc) is 3.09. The zero-order valence-corrected chi connectivity index (χ0v) is 31.4. The molecule has 2 aliphatic rings. The molecule has 0 N–H and O–H groups in total. The molecule has 0 atom stereocenters. The molecule has 1 aliphatic heterocycles. The van der Waals surface area contributed by atoms with Crippen LogP contribution in [-0.4, -0.2) is 68.7 Å². The first-order valence-electron chi connectivity index (χ1n) is 16.0. The van der Waals surface area contributed by atoms with Crippen LogP contribution >= 0.6 is 0 Å². The number of carboxylic acids is 1. The smallest absolute Gasteiger partial charge is 0.683 e. The molecule has 9 nitrogen and oxygen atoms in total. The summed E-state index contributed by atoms with van der Waals surface area (Å²) in [5, 5.41) is 19.3. The van der Waals surface area contributed by atoms with E-state index in [1.807, 2.05) is 129 Å². The Morgan fingerprint density at radius 2 is 1.59 bits per heavy atom. The van der Waals surface area contributed by atoms with Gasteiger partial charge in [-0.1, -0.05) is 30.3 Å². The monoisotopic (exact) mass is 703 g/mol. The van der Waals surface area contributed by atoms with Crippen LogP contribution in [-0.2, 0) is 32.4 Å². The molecule has 0 spiro atoms. The van der Waals surface area contributed by atoms with Gasteiger partial charge in [0.1, 0.15) is 25.4 Å². The van der Waals surface area contributed by atoms with Crippen LogP contribution in [0.15, 0.2) is 108 Å². The molecule has 0 saturated heterocycles. The van der Waals surface area contributed by atoms with Gasteiger partial charge < -0.3 is 24.5 Å². The predicted octanol–water partition coefficient (Wildman–Crippen LogP) is 5.20. The number of hydrogen-bond acceptors (Lipinski definition) is 7. The first-order chi connectivity index (χ1) is 23.3. The molecule has 2 aromatic heterocycles. The minimum Gasteiger partial charge on any atom is -0.683 e. The summed E-state index contributed by atoms with van der Waals surface area (Å²) >= 11 is 0. The van der Waals surface area contributed by atoms with E-state index in [4.69, 9.17) is 9.73 Å². The van der Waals surface area contributed by atoms with Crippen LogP contribution in [0, 0.1) is 0 Å². The summed E-state index contributed by atoms with van der Waals surface area (Å²) in [4.78, 5) is 26.0. The maximum atomic E-state index is 12.7. The Labute approximate surface area is 299 Å². The molecular weight excluding hydrogens is 666 g/mol. The van der Waals surface area contributed by atoms with Crippen LogP contribution in [0.5, 0.6) is 0 Å². The number of benzene rings is 3. The molecule has 0 bridgehead atoms. The van der Waals surface area contributed by atoms with E-state index in [9.17, 15) is 9.90 Å². The van der Waals surface area contributed by atoms with Gasteiger partial charge in [-0.25, -0.2) is 4.58 Å². The molecule has 6 rings (SSSR count). The van der Waals surface area contributed by atoms with Gasteiger partial charge in [-0.05, 0) is 54.6 Å². The fraction of sp³-hybridized carbons (Fsp3) is 0.231. The number of aromatic nitrogens is 2. The number of carboxylic acid groups (broad SMARTS) is 1. The third-order valence-electron chi connectivity index (χ3n) is 8.45. The van der Waals surface area contributed by atoms with Gasteiger partial charge in [0.25, 0.3) is 0 Å². The van der Waals surface area contributed by atoms with Crippen molar-refractivity contribution in [3.63, 3.8) is 0 Å². The summed E-state index contributed by atoms with van der Waals surface area (Å²) in [5.41, 5.74) is 6.47. The molecule has 0 fully saturated rings. The Hall–Kier alpha value is -4.92. The molecule has 244 valence electrons. The van der Waals surface area contributed by atoms with E-state index in [0.29, 0.717) is 42.2 Å². The summed E-state index contributed by atoms with van der Waals surface area (Å²) in [6.45, 7) is 2.62. The maximum absolute atomic E-state index is 12.7. The zero-order valence-electron chi connectivity index (χ0n) is 28.5. The summed E-state index contributed by atoms with van der Waals surface area (Å²) < 4.78 is 8.44. The second kappa shape index (κ2) is 16.0. The number of anilines is 1. The van der Waals surface area contributed by atoms with Gasteiger partial charge >= 0.3 is 19.5 Å². The van der Waals surface area contributed by atoms with E-state index in [2.05, 4.69) is 14.9 Å². The van der Waals surface area contributed by atoms with E-state index < -0.39 is 5.97 Å². The van der Waals surface area contributed by atoms with E-state index in [1.54, 1.807) is 12.3 Å². The normalized spacial score (nSPS) is 11.0. The van der Waals surface area contributed by atoms with E-state index in [-0.39, 0.29) is 25.0 Å². The number of hydrogen-bond donors (Lipinski definition) is 0. The molecule has 1 aliphatic carbocycles. The third kappa shape index (κ3) is 8.39. The van der Waals surface area contributed by atoms with Crippen molar-refractivity contribution in [2.45, 2.75) is 13.0 Å². The van der Waals surface area contributed by atoms with Crippen molar-refractivity contribution in [3.05, 3.63) is 131 Å². The predicted molar refractivity (Wildman–Crippen MR) is 189 cm³/mol. The Kier molecular flexibility index (Phi) is 11.5. The largest absolute Gasteiger partial charge is 2.00 e. The molecule has 0 amide bonds. The number of fused-ring (bicyclic) bond motifs is 2. The first-order valence-corrected chi connectivity index (χ1v) is 16.0. The minimum atomic E-state index is -1.26. The SMILES string of the molecule is CN(C)c1ccc2c(-c3ccc([N-]CCN(CCc4ccccn4)Cc4ccccn4)cc3C(=O)[O-])c3ccc(=[N+](C)C)cc-3oc2c1.[Zn+2]. The van der Waals surface area contributed by atoms with Crippen molar-refractivity contribution in [1.82, 2.24) is 19.4 Å². The van der Waals surface area contributed by atoms with Crippen LogP contribution in [0.2, 0.25) is 0 Å². The quantitative estimate of drug-likeness (QED) is 0.0981. The summed E-state index contributed by atoms with van der Waals surface area (Å²) in [6, 6.07) is 29.1. The standard InChI is InChI=1S/C39H40N6O3.Zn/c1-43(2)30-12-15-33-36(24-30)48-37-25-31(44(3)4)13-16-34(37)38(33)32-14-11-28(23-35(32)39(46)47)42-20-22-45(26-29-10-6-8-19-41-29)21-17-27-9-5-7-18-40-27;/h5-16,18-19,23-25H,17,20-22,26H2,1-4H3,(H,46,47);/q;+2/p-1. The second-order valence-electron chi connectivity index (χ2n) is 12.2. The van der Waals surface area contributed by atoms with Crippen molar-refractivity contribution >= 4 is 28.3 Å². The number of carbonyl (C=O) groups excluding carboxylic acids is 1. The maximum Gasteiger partial charge on any atom is 2.00 e. The molecule has 0 radical (unpaired) electrons. The van der Waals surface area contributed by atoms with Gasteiger partial charge in [0, 0.05) is 91.6 Å². The Morgan fingerprint density at radius 3 is 2.27 bits per heavy atom. The Morgan fingerprint density at radius 1 is 0.857 bits per heavy atom. The fourth-order valence-electron chi connectivity index (χ4n) is 5.86. The number of pyridine rings is 2. The molecule has 49 heavy (non-hydrogen) atoms. The number of aromatic carboxylic acids is 1. The van der Waals surface area contributed by atoms with Crippen LogP contribution in [0.4, 0.5) is 11.4 Å². The van der Waals surface area contributed by atoms with Crippen molar-refractivity contribution in [2.24, 2.45) is 0 Å². The topological polar surface area (TPSA) is 103 Å². The van der Waals surface area contributed by atoms with Crippen LogP contribution in [0.25, 0.3) is 38.7 Å². The van der Waals surface area contributed by atoms with E-state index in [0.717, 1.165) is 51.9 Å².